The third-order valence-corrected chi connectivity index (χ3v) is 4.69. The molecule has 0 bridgehead atoms. The van der Waals surface area contributed by atoms with Crippen LogP contribution in [0.4, 0.5) is 13.2 Å². The van der Waals surface area contributed by atoms with Crippen LogP contribution in [0.2, 0.25) is 0 Å². The third kappa shape index (κ3) is 4.86. The maximum absolute atomic E-state index is 13.7. The number of ether oxygens (including phenoxy) is 1. The van der Waals surface area contributed by atoms with E-state index in [-0.39, 0.29) is 24.3 Å². The summed E-state index contributed by atoms with van der Waals surface area (Å²) in [5.41, 5.74) is 6.75. The first-order valence-corrected chi connectivity index (χ1v) is 8.90. The molecule has 1 aromatic rings. The van der Waals surface area contributed by atoms with Crippen molar-refractivity contribution in [3.63, 3.8) is 0 Å². The third-order valence-electron chi connectivity index (χ3n) is 4.69. The summed E-state index contributed by atoms with van der Waals surface area (Å²) in [4.78, 5) is 14.1. The average Bonchev–Trinajstić information content (AvgIpc) is 3.28. The SMILES string of the molecule is N[C@@H](CC(=O)N1CCC=C1COCC1CC1)Cc1cc(F)c(F)cc1F. The van der Waals surface area contributed by atoms with Crippen LogP contribution in [0.3, 0.4) is 0 Å². The zero-order valence-corrected chi connectivity index (χ0v) is 14.5. The van der Waals surface area contributed by atoms with Gasteiger partial charge in [-0.15, -0.1) is 0 Å². The van der Waals surface area contributed by atoms with Gasteiger partial charge in [-0.2, -0.15) is 0 Å². The first-order valence-electron chi connectivity index (χ1n) is 8.90. The van der Waals surface area contributed by atoms with Crippen LogP contribution in [0, 0.1) is 23.4 Å². The van der Waals surface area contributed by atoms with Gasteiger partial charge in [0.2, 0.25) is 5.91 Å². The molecule has 3 rings (SSSR count). The Morgan fingerprint density at radius 2 is 1.96 bits per heavy atom. The molecule has 26 heavy (non-hydrogen) atoms. The Hall–Kier alpha value is -1.86. The highest BCUT2D eigenvalue weighted by Crippen LogP contribution is 2.29. The predicted octanol–water partition coefficient (Wildman–Crippen LogP) is 2.91. The van der Waals surface area contributed by atoms with Gasteiger partial charge < -0.3 is 15.4 Å². The summed E-state index contributed by atoms with van der Waals surface area (Å²) >= 11 is 0. The molecule has 1 amide bonds. The molecule has 1 aliphatic heterocycles. The van der Waals surface area contributed by atoms with Gasteiger partial charge in [-0.1, -0.05) is 6.08 Å². The minimum Gasteiger partial charge on any atom is -0.375 e. The highest BCUT2D eigenvalue weighted by Gasteiger charge is 2.26. The van der Waals surface area contributed by atoms with Crippen molar-refractivity contribution < 1.29 is 22.7 Å². The lowest BCUT2D eigenvalue weighted by molar-refractivity contribution is -0.129. The second-order valence-corrected chi connectivity index (χ2v) is 7.01. The van der Waals surface area contributed by atoms with E-state index in [0.717, 1.165) is 18.2 Å². The highest BCUT2D eigenvalue weighted by molar-refractivity contribution is 5.79. The zero-order valence-electron chi connectivity index (χ0n) is 14.5. The van der Waals surface area contributed by atoms with Crippen molar-refractivity contribution >= 4 is 5.91 Å². The summed E-state index contributed by atoms with van der Waals surface area (Å²) in [6, 6.07) is 0.607. The Morgan fingerprint density at radius 3 is 2.69 bits per heavy atom. The van der Waals surface area contributed by atoms with Crippen molar-refractivity contribution in [3.05, 3.63) is 46.9 Å². The quantitative estimate of drug-likeness (QED) is 0.718. The van der Waals surface area contributed by atoms with Gasteiger partial charge in [0.1, 0.15) is 5.82 Å². The van der Waals surface area contributed by atoms with E-state index in [1.54, 1.807) is 4.90 Å². The van der Waals surface area contributed by atoms with E-state index in [4.69, 9.17) is 10.5 Å². The van der Waals surface area contributed by atoms with Crippen LogP contribution in [0.25, 0.3) is 0 Å². The Bertz CT molecular complexity index is 704. The number of amides is 1. The van der Waals surface area contributed by atoms with E-state index >= 15 is 0 Å². The molecule has 1 aliphatic carbocycles. The molecule has 0 aromatic heterocycles. The number of rotatable bonds is 8. The van der Waals surface area contributed by atoms with Crippen molar-refractivity contribution in [1.29, 1.82) is 0 Å². The standard InChI is InChI=1S/C19H23F3N2O2/c20-16-9-18(22)17(21)7-13(16)6-14(23)8-19(25)24-5-1-2-15(24)11-26-10-12-3-4-12/h2,7,9,12,14H,1,3-6,8,10-11,23H2/t14-/m1/s1. The van der Waals surface area contributed by atoms with Gasteiger partial charge in [0, 0.05) is 37.4 Å². The van der Waals surface area contributed by atoms with Gasteiger partial charge in [-0.05, 0) is 43.2 Å². The molecule has 0 unspecified atom stereocenters. The van der Waals surface area contributed by atoms with Crippen molar-refractivity contribution in [1.82, 2.24) is 4.90 Å². The molecule has 7 heteroatoms. The molecule has 1 heterocycles. The second-order valence-electron chi connectivity index (χ2n) is 7.01. The zero-order chi connectivity index (χ0) is 18.7. The first-order chi connectivity index (χ1) is 12.4. The van der Waals surface area contributed by atoms with Crippen LogP contribution in [-0.4, -0.2) is 36.6 Å². The summed E-state index contributed by atoms with van der Waals surface area (Å²) in [6.45, 7) is 1.69. The summed E-state index contributed by atoms with van der Waals surface area (Å²) in [5, 5.41) is 0. The number of halogens is 3. The number of carbonyl (C=O) groups is 1. The molecule has 0 radical (unpaired) electrons. The summed E-state index contributed by atoms with van der Waals surface area (Å²) in [7, 11) is 0. The van der Waals surface area contributed by atoms with E-state index in [0.29, 0.717) is 31.7 Å². The number of benzene rings is 1. The fourth-order valence-corrected chi connectivity index (χ4v) is 3.06. The Labute approximate surface area is 150 Å². The predicted molar refractivity (Wildman–Crippen MR) is 90.6 cm³/mol. The summed E-state index contributed by atoms with van der Waals surface area (Å²) < 4.78 is 45.6. The Balaban J connectivity index is 1.51. The van der Waals surface area contributed by atoms with E-state index in [1.807, 2.05) is 6.08 Å². The van der Waals surface area contributed by atoms with Crippen molar-refractivity contribution in [2.75, 3.05) is 19.8 Å². The van der Waals surface area contributed by atoms with E-state index in [9.17, 15) is 18.0 Å². The van der Waals surface area contributed by atoms with Crippen molar-refractivity contribution in [3.8, 4) is 0 Å². The molecule has 1 atom stereocenters. The highest BCUT2D eigenvalue weighted by atomic mass is 19.2. The van der Waals surface area contributed by atoms with Crippen LogP contribution in [-0.2, 0) is 16.0 Å². The molecular formula is C19H23F3N2O2. The average molecular weight is 368 g/mol. The lowest BCUT2D eigenvalue weighted by Gasteiger charge is -2.22. The molecule has 142 valence electrons. The fourth-order valence-electron chi connectivity index (χ4n) is 3.06. The monoisotopic (exact) mass is 368 g/mol. The van der Waals surface area contributed by atoms with Gasteiger partial charge in [0.15, 0.2) is 11.6 Å². The molecule has 1 fully saturated rings. The maximum atomic E-state index is 13.7. The van der Waals surface area contributed by atoms with Crippen LogP contribution >= 0.6 is 0 Å². The molecule has 4 nitrogen and oxygen atoms in total. The van der Waals surface area contributed by atoms with Gasteiger partial charge >= 0.3 is 0 Å². The van der Waals surface area contributed by atoms with Crippen LogP contribution < -0.4 is 5.73 Å². The minimum atomic E-state index is -1.24. The Morgan fingerprint density at radius 1 is 1.23 bits per heavy atom. The maximum Gasteiger partial charge on any atom is 0.228 e. The largest absolute Gasteiger partial charge is 0.375 e. The molecule has 0 saturated heterocycles. The lowest BCUT2D eigenvalue weighted by atomic mass is 10.0. The molecule has 2 N–H and O–H groups in total. The molecular weight excluding hydrogens is 345 g/mol. The lowest BCUT2D eigenvalue weighted by Crippen LogP contribution is -2.36. The Kier molecular flexibility index (Phi) is 5.98. The topological polar surface area (TPSA) is 55.6 Å². The van der Waals surface area contributed by atoms with Crippen LogP contribution in [0.5, 0.6) is 0 Å². The minimum absolute atomic E-state index is 0.00159. The molecule has 1 aromatic carbocycles. The summed E-state index contributed by atoms with van der Waals surface area (Å²) in [5.74, 6) is -2.74. The smallest absolute Gasteiger partial charge is 0.228 e. The normalized spacial score (nSPS) is 18.2. The number of hydrogen-bond donors (Lipinski definition) is 1. The van der Waals surface area contributed by atoms with Gasteiger partial charge in [-0.3, -0.25) is 4.79 Å². The molecule has 0 spiro atoms. The second kappa shape index (κ2) is 8.22. The van der Waals surface area contributed by atoms with Crippen molar-refractivity contribution in [2.24, 2.45) is 11.7 Å². The number of hydrogen-bond acceptors (Lipinski definition) is 3. The number of nitrogens with zero attached hydrogens (tertiary/aromatic N) is 1. The number of carbonyl (C=O) groups excluding carboxylic acids is 1. The first kappa shape index (κ1) is 18.9. The van der Waals surface area contributed by atoms with E-state index < -0.39 is 23.5 Å². The molecule has 1 saturated carbocycles. The van der Waals surface area contributed by atoms with E-state index in [2.05, 4.69) is 0 Å². The summed E-state index contributed by atoms with van der Waals surface area (Å²) in [6.07, 6.45) is 5.11. The van der Waals surface area contributed by atoms with E-state index in [1.165, 1.54) is 12.8 Å². The van der Waals surface area contributed by atoms with Crippen LogP contribution in [0.1, 0.15) is 31.2 Å². The molecule has 2 aliphatic rings. The van der Waals surface area contributed by atoms with Crippen molar-refractivity contribution in [2.45, 2.75) is 38.1 Å². The van der Waals surface area contributed by atoms with Gasteiger partial charge in [0.05, 0.1) is 6.61 Å². The van der Waals surface area contributed by atoms with Gasteiger partial charge in [-0.25, -0.2) is 13.2 Å². The number of nitrogens with two attached hydrogens (primary N) is 1. The fraction of sp³-hybridized carbons (Fsp3) is 0.526. The van der Waals surface area contributed by atoms with Crippen LogP contribution in [0.15, 0.2) is 23.9 Å². The van der Waals surface area contributed by atoms with Gasteiger partial charge in [0.25, 0.3) is 0 Å².